The predicted octanol–water partition coefficient (Wildman–Crippen LogP) is 7.65. The van der Waals surface area contributed by atoms with E-state index in [9.17, 15) is 23.1 Å². The number of fused-ring (bicyclic) bond motifs is 1. The van der Waals surface area contributed by atoms with E-state index in [-0.39, 0.29) is 0 Å². The third-order valence-corrected chi connectivity index (χ3v) is 10.6. The monoisotopic (exact) mass is 668 g/mol. The van der Waals surface area contributed by atoms with Crippen LogP contribution in [0.3, 0.4) is 0 Å². The number of nitrogens with one attached hydrogen (secondary N) is 1. The Morgan fingerprint density at radius 1 is 1.02 bits per heavy atom. The zero-order valence-electron chi connectivity index (χ0n) is 25.6. The Kier molecular flexibility index (Phi) is 9.22. The molecular weight excluding hydrogens is 634 g/mol. The second-order valence-corrected chi connectivity index (χ2v) is 14.7. The van der Waals surface area contributed by atoms with Gasteiger partial charge < -0.3 is 20.1 Å². The molecule has 0 aliphatic carbocycles. The van der Waals surface area contributed by atoms with Crippen LogP contribution < -0.4 is 15.0 Å². The molecular formula is C34H35F3N4O3S2. The number of benzene rings is 3. The highest BCUT2D eigenvalue weighted by Gasteiger charge is 2.31. The number of carboxylic acids is 1. The van der Waals surface area contributed by atoms with Crippen molar-refractivity contribution in [2.24, 2.45) is 0 Å². The van der Waals surface area contributed by atoms with E-state index in [0.717, 1.165) is 78.2 Å². The van der Waals surface area contributed by atoms with Crippen LogP contribution in [-0.2, 0) is 30.5 Å². The van der Waals surface area contributed by atoms with Gasteiger partial charge in [-0.25, -0.2) is 4.98 Å². The van der Waals surface area contributed by atoms with Gasteiger partial charge >= 0.3 is 12.1 Å². The smallest absolute Gasteiger partial charge is 0.416 e. The maximum absolute atomic E-state index is 13.2. The SMILES string of the molecule is CC(C)(Sc1ccc(NCc2sc(-c3ccc(C(F)(F)F)cc3)nc2CN2CCN(c3ccc4c(c3)CCO4)CC2)cc1)C(=O)O. The second-order valence-electron chi connectivity index (χ2n) is 11.9. The van der Waals surface area contributed by atoms with E-state index in [4.69, 9.17) is 9.72 Å². The molecule has 12 heteroatoms. The number of piperazine rings is 1. The van der Waals surface area contributed by atoms with Gasteiger partial charge in [-0.2, -0.15) is 13.2 Å². The molecule has 1 fully saturated rings. The van der Waals surface area contributed by atoms with Gasteiger partial charge in [-0.15, -0.1) is 23.1 Å². The third-order valence-electron chi connectivity index (χ3n) is 8.22. The Labute approximate surface area is 274 Å². The van der Waals surface area contributed by atoms with Crippen molar-refractivity contribution >= 4 is 40.4 Å². The molecule has 3 heterocycles. The number of halogens is 3. The molecule has 2 N–H and O–H groups in total. The van der Waals surface area contributed by atoms with Crippen molar-refractivity contribution in [2.75, 3.05) is 43.0 Å². The van der Waals surface area contributed by atoms with Gasteiger partial charge in [-0.1, -0.05) is 12.1 Å². The van der Waals surface area contributed by atoms with Gasteiger partial charge in [0.25, 0.3) is 0 Å². The number of carbonyl (C=O) groups is 1. The van der Waals surface area contributed by atoms with Crippen LogP contribution in [0.25, 0.3) is 10.6 Å². The molecule has 2 aliphatic rings. The zero-order valence-corrected chi connectivity index (χ0v) is 27.2. The van der Waals surface area contributed by atoms with E-state index in [1.54, 1.807) is 13.8 Å². The summed E-state index contributed by atoms with van der Waals surface area (Å²) < 4.78 is 44.3. The Morgan fingerprint density at radius 2 is 1.74 bits per heavy atom. The van der Waals surface area contributed by atoms with Crippen molar-refractivity contribution < 1.29 is 27.8 Å². The van der Waals surface area contributed by atoms with Crippen molar-refractivity contribution in [3.05, 3.63) is 88.4 Å². The highest BCUT2D eigenvalue weighted by molar-refractivity contribution is 8.01. The van der Waals surface area contributed by atoms with Crippen LogP contribution in [0.15, 0.2) is 71.6 Å². The maximum atomic E-state index is 13.2. The molecule has 0 radical (unpaired) electrons. The number of ether oxygens (including phenoxy) is 1. The number of rotatable bonds is 10. The molecule has 3 aromatic carbocycles. The zero-order chi connectivity index (χ0) is 32.5. The lowest BCUT2D eigenvalue weighted by Crippen LogP contribution is -2.46. The fourth-order valence-electron chi connectivity index (χ4n) is 5.48. The maximum Gasteiger partial charge on any atom is 0.416 e. The van der Waals surface area contributed by atoms with Crippen molar-refractivity contribution in [1.82, 2.24) is 9.88 Å². The minimum atomic E-state index is -4.39. The van der Waals surface area contributed by atoms with Gasteiger partial charge in [-0.05, 0) is 74.0 Å². The molecule has 0 atom stereocenters. The molecule has 0 unspecified atom stereocenters. The standard InChI is InChI=1S/C34H35F3N4O3S2/c1-33(2,32(42)43)46-27-10-7-25(8-11-27)38-20-30-28(39-31(45-30)22-3-5-24(6-4-22)34(35,36)37)21-40-14-16-41(17-15-40)26-9-12-29-23(19-26)13-18-44-29/h3-12,19,38H,13-18,20-21H2,1-2H3,(H,42,43). The van der Waals surface area contributed by atoms with Crippen LogP contribution >= 0.6 is 23.1 Å². The summed E-state index contributed by atoms with van der Waals surface area (Å²) in [6.45, 7) is 8.71. The summed E-state index contributed by atoms with van der Waals surface area (Å²) in [5.41, 5.74) is 4.22. The largest absolute Gasteiger partial charge is 0.493 e. The predicted molar refractivity (Wildman–Crippen MR) is 177 cm³/mol. The van der Waals surface area contributed by atoms with Crippen LogP contribution in [0, 0.1) is 0 Å². The molecule has 1 aromatic heterocycles. The van der Waals surface area contributed by atoms with Gasteiger partial charge in [0.15, 0.2) is 0 Å². The number of anilines is 2. The summed E-state index contributed by atoms with van der Waals surface area (Å²) in [5.74, 6) is 0.105. The number of nitrogens with zero attached hydrogens (tertiary/aromatic N) is 3. The van der Waals surface area contributed by atoms with Crippen LogP contribution in [0.5, 0.6) is 5.75 Å². The summed E-state index contributed by atoms with van der Waals surface area (Å²) in [5, 5.41) is 13.6. The molecule has 2 aliphatic heterocycles. The fourth-order valence-corrected chi connectivity index (χ4v) is 7.44. The second kappa shape index (κ2) is 13.2. The first kappa shape index (κ1) is 32.2. The number of hydrogen-bond donors (Lipinski definition) is 2. The normalized spacial score (nSPS) is 15.5. The van der Waals surface area contributed by atoms with Crippen molar-refractivity contribution in [1.29, 1.82) is 0 Å². The number of thiazole rings is 1. The van der Waals surface area contributed by atoms with Crippen molar-refractivity contribution in [3.63, 3.8) is 0 Å². The van der Waals surface area contributed by atoms with E-state index in [0.29, 0.717) is 23.7 Å². The van der Waals surface area contributed by atoms with Gasteiger partial charge in [-0.3, -0.25) is 9.69 Å². The quantitative estimate of drug-likeness (QED) is 0.167. The molecule has 242 valence electrons. The summed E-state index contributed by atoms with van der Waals surface area (Å²) in [6, 6.07) is 19.2. The van der Waals surface area contributed by atoms with Crippen LogP contribution in [0.4, 0.5) is 24.5 Å². The average Bonchev–Trinajstić information content (AvgIpc) is 3.67. The Morgan fingerprint density at radius 3 is 2.41 bits per heavy atom. The lowest BCUT2D eigenvalue weighted by molar-refractivity contribution is -0.139. The summed E-state index contributed by atoms with van der Waals surface area (Å²) in [7, 11) is 0. The first-order chi connectivity index (χ1) is 21.9. The van der Waals surface area contributed by atoms with Crippen LogP contribution in [0.1, 0.15) is 35.5 Å². The van der Waals surface area contributed by atoms with Crippen LogP contribution in [-0.4, -0.2) is 58.5 Å². The molecule has 1 saturated heterocycles. The summed E-state index contributed by atoms with van der Waals surface area (Å²) in [4.78, 5) is 23.1. The molecule has 4 aromatic rings. The highest BCUT2D eigenvalue weighted by Crippen LogP contribution is 2.36. The van der Waals surface area contributed by atoms with Crippen LogP contribution in [0.2, 0.25) is 0 Å². The number of hydrogen-bond acceptors (Lipinski definition) is 8. The number of alkyl halides is 3. The molecule has 0 bridgehead atoms. The summed E-state index contributed by atoms with van der Waals surface area (Å²) >= 11 is 2.77. The lowest BCUT2D eigenvalue weighted by atomic mass is 10.1. The fraction of sp³-hybridized carbons (Fsp3) is 0.353. The number of carboxylic acid groups (broad SMARTS) is 1. The first-order valence-electron chi connectivity index (χ1n) is 15.1. The molecule has 46 heavy (non-hydrogen) atoms. The van der Waals surface area contributed by atoms with Gasteiger partial charge in [0.1, 0.15) is 15.5 Å². The Hall–Kier alpha value is -3.74. The average molecular weight is 669 g/mol. The molecule has 6 rings (SSSR count). The molecule has 0 spiro atoms. The highest BCUT2D eigenvalue weighted by atomic mass is 32.2. The first-order valence-corrected chi connectivity index (χ1v) is 16.7. The van der Waals surface area contributed by atoms with E-state index in [2.05, 4.69) is 33.3 Å². The van der Waals surface area contributed by atoms with E-state index >= 15 is 0 Å². The van der Waals surface area contributed by atoms with E-state index < -0.39 is 22.5 Å². The summed E-state index contributed by atoms with van der Waals surface area (Å²) in [6.07, 6.45) is -3.45. The minimum absolute atomic E-state index is 0.498. The molecule has 0 amide bonds. The van der Waals surface area contributed by atoms with Crippen molar-refractivity contribution in [2.45, 2.75) is 49.2 Å². The number of aliphatic carboxylic acids is 1. The number of thioether (sulfide) groups is 1. The minimum Gasteiger partial charge on any atom is -0.493 e. The molecule has 0 saturated carbocycles. The van der Waals surface area contributed by atoms with Gasteiger partial charge in [0.05, 0.1) is 24.4 Å². The third kappa shape index (κ3) is 7.45. The van der Waals surface area contributed by atoms with Gasteiger partial charge in [0, 0.05) is 65.9 Å². The van der Waals surface area contributed by atoms with Crippen molar-refractivity contribution in [3.8, 4) is 16.3 Å². The number of aromatic nitrogens is 1. The Bertz CT molecular complexity index is 1680. The van der Waals surface area contributed by atoms with E-state index in [1.807, 2.05) is 24.3 Å². The Balaban J connectivity index is 1.16. The van der Waals surface area contributed by atoms with E-state index in [1.165, 1.54) is 46.5 Å². The van der Waals surface area contributed by atoms with Gasteiger partial charge in [0.2, 0.25) is 0 Å². The lowest BCUT2D eigenvalue weighted by Gasteiger charge is -2.36. The molecule has 7 nitrogen and oxygen atoms in total. The topological polar surface area (TPSA) is 77.9 Å².